The predicted octanol–water partition coefficient (Wildman–Crippen LogP) is 3.31. The van der Waals surface area contributed by atoms with Crippen LogP contribution in [0.25, 0.3) is 6.08 Å². The zero-order valence-electron chi connectivity index (χ0n) is 17.9. The molecule has 2 heterocycles. The van der Waals surface area contributed by atoms with Crippen LogP contribution < -0.4 is 0 Å². The number of benzene rings is 1. The van der Waals surface area contributed by atoms with Crippen LogP contribution in [-0.2, 0) is 25.6 Å². The summed E-state index contributed by atoms with van der Waals surface area (Å²) < 4.78 is 25.8. The van der Waals surface area contributed by atoms with E-state index in [1.807, 2.05) is 17.0 Å². The molecule has 0 bridgehead atoms. The molecule has 0 aliphatic carbocycles. The van der Waals surface area contributed by atoms with Crippen LogP contribution in [-0.4, -0.2) is 59.2 Å². The third-order valence-electron chi connectivity index (χ3n) is 5.26. The van der Waals surface area contributed by atoms with Crippen LogP contribution in [0.5, 0.6) is 0 Å². The molecule has 1 aromatic heterocycles. The number of carbonyl (C=O) groups excluding carboxylic acids is 2. The van der Waals surface area contributed by atoms with E-state index in [-0.39, 0.29) is 30.0 Å². The monoisotopic (exact) mass is 483 g/mol. The maximum atomic E-state index is 14.5. The number of piperidine rings is 1. The summed E-state index contributed by atoms with van der Waals surface area (Å²) in [6.45, 7) is 1.43. The van der Waals surface area contributed by atoms with Crippen LogP contribution in [0.3, 0.4) is 0 Å². The van der Waals surface area contributed by atoms with Crippen molar-refractivity contribution in [3.05, 3.63) is 59.2 Å². The minimum absolute atomic E-state index is 0. The highest BCUT2D eigenvalue weighted by Gasteiger charge is 2.34. The fourth-order valence-corrected chi connectivity index (χ4v) is 3.88. The van der Waals surface area contributed by atoms with Gasteiger partial charge in [0.15, 0.2) is 0 Å². The summed E-state index contributed by atoms with van der Waals surface area (Å²) in [7, 11) is 2.66. The maximum Gasteiger partial charge on any atom is 0.327 e. The zero-order valence-corrected chi connectivity index (χ0v) is 19.7. The first-order valence-electron chi connectivity index (χ1n) is 9.98. The average molecular weight is 484 g/mol. The van der Waals surface area contributed by atoms with Crippen molar-refractivity contribution in [3.8, 4) is 0 Å². The molecule has 1 aromatic carbocycles. The number of rotatable bonds is 7. The first kappa shape index (κ1) is 25.9. The molecule has 1 aliphatic heterocycles. The topological polar surface area (TPSA) is 73.7 Å². The second kappa shape index (κ2) is 12.0. The summed E-state index contributed by atoms with van der Waals surface area (Å²) in [5.41, 5.74) is 1.98. The standard InChI is InChI=1S/C22H26FN3O4S.ClH/c1-29-20(27)9-12-26-11-7-16(24-26)13-15-14-25(10-8-19(15)31)21(22(28)30-2)17-5-3-4-6-18(17)23;/h3-7,11,13,19,21,31H,8-10,12,14H2,1-2H3;1H/b15-13+;/t19-,21+;/m1./s1. The molecule has 0 amide bonds. The van der Waals surface area contributed by atoms with Gasteiger partial charge in [-0.25, -0.2) is 9.18 Å². The van der Waals surface area contributed by atoms with Crippen LogP contribution in [0.1, 0.15) is 30.1 Å². The van der Waals surface area contributed by atoms with Gasteiger partial charge in [0.25, 0.3) is 0 Å². The van der Waals surface area contributed by atoms with Gasteiger partial charge in [0, 0.05) is 30.1 Å². The SMILES string of the molecule is COC(=O)CCn1ccc(/C=C2\CN([C@H](C(=O)OC)c3ccccc3F)CC[C@H]2S)n1.Cl. The Labute approximate surface area is 198 Å². The predicted molar refractivity (Wildman–Crippen MR) is 124 cm³/mol. The van der Waals surface area contributed by atoms with E-state index in [0.29, 0.717) is 31.6 Å². The first-order valence-corrected chi connectivity index (χ1v) is 10.5. The van der Waals surface area contributed by atoms with E-state index < -0.39 is 17.8 Å². The van der Waals surface area contributed by atoms with Crippen molar-refractivity contribution in [1.82, 2.24) is 14.7 Å². The highest BCUT2D eigenvalue weighted by atomic mass is 35.5. The van der Waals surface area contributed by atoms with Gasteiger partial charge in [-0.3, -0.25) is 14.4 Å². The molecule has 2 aromatic rings. The summed E-state index contributed by atoms with van der Waals surface area (Å²) in [5.74, 6) is -1.24. The Balaban J connectivity index is 0.00000363. The van der Waals surface area contributed by atoms with Gasteiger partial charge in [-0.15, -0.1) is 12.4 Å². The van der Waals surface area contributed by atoms with Crippen molar-refractivity contribution >= 4 is 43.1 Å². The van der Waals surface area contributed by atoms with Gasteiger partial charge in [0.2, 0.25) is 0 Å². The smallest absolute Gasteiger partial charge is 0.327 e. The lowest BCUT2D eigenvalue weighted by Gasteiger charge is -2.36. The number of hydrogen-bond donors (Lipinski definition) is 1. The van der Waals surface area contributed by atoms with Crippen molar-refractivity contribution < 1.29 is 23.5 Å². The van der Waals surface area contributed by atoms with Crippen molar-refractivity contribution in [2.45, 2.75) is 30.7 Å². The number of esters is 2. The molecule has 2 atom stereocenters. The Morgan fingerprint density at radius 3 is 2.72 bits per heavy atom. The third-order valence-corrected chi connectivity index (χ3v) is 5.85. The Bertz CT molecular complexity index is 968. The van der Waals surface area contributed by atoms with E-state index in [2.05, 4.69) is 22.5 Å². The molecule has 7 nitrogen and oxygen atoms in total. The number of aromatic nitrogens is 2. The Hall–Kier alpha value is -2.36. The molecular formula is C22H27ClFN3O4S. The third kappa shape index (κ3) is 6.34. The van der Waals surface area contributed by atoms with Crippen molar-refractivity contribution in [2.75, 3.05) is 27.3 Å². The largest absolute Gasteiger partial charge is 0.469 e. The van der Waals surface area contributed by atoms with Crippen molar-refractivity contribution in [2.24, 2.45) is 0 Å². The number of carbonyl (C=O) groups is 2. The van der Waals surface area contributed by atoms with E-state index >= 15 is 0 Å². The molecule has 0 spiro atoms. The highest BCUT2D eigenvalue weighted by molar-refractivity contribution is 7.81. The molecule has 0 N–H and O–H groups in total. The van der Waals surface area contributed by atoms with Crippen molar-refractivity contribution in [1.29, 1.82) is 0 Å². The number of likely N-dealkylation sites (tertiary alicyclic amines) is 1. The minimum Gasteiger partial charge on any atom is -0.469 e. The molecule has 1 saturated heterocycles. The quantitative estimate of drug-likeness (QED) is 0.481. The zero-order chi connectivity index (χ0) is 22.4. The number of thiol groups is 1. The lowest BCUT2D eigenvalue weighted by Crippen LogP contribution is -2.42. The van der Waals surface area contributed by atoms with E-state index in [1.165, 1.54) is 20.3 Å². The Kier molecular flexibility index (Phi) is 9.74. The second-order valence-corrected chi connectivity index (χ2v) is 7.89. The molecule has 0 radical (unpaired) electrons. The van der Waals surface area contributed by atoms with Gasteiger partial charge in [0.05, 0.1) is 32.9 Å². The molecule has 0 unspecified atom stereocenters. The van der Waals surface area contributed by atoms with E-state index in [4.69, 9.17) is 4.74 Å². The fourth-order valence-electron chi connectivity index (χ4n) is 3.61. The van der Waals surface area contributed by atoms with Crippen LogP contribution in [0.4, 0.5) is 4.39 Å². The van der Waals surface area contributed by atoms with Gasteiger partial charge >= 0.3 is 11.9 Å². The normalized spacial score (nSPS) is 18.6. The molecular weight excluding hydrogens is 457 g/mol. The molecule has 3 rings (SSSR count). The van der Waals surface area contributed by atoms with Gasteiger partial charge in [0.1, 0.15) is 11.9 Å². The maximum absolute atomic E-state index is 14.5. The van der Waals surface area contributed by atoms with Crippen LogP contribution in [0.2, 0.25) is 0 Å². The fraction of sp³-hybridized carbons (Fsp3) is 0.409. The van der Waals surface area contributed by atoms with Gasteiger partial charge < -0.3 is 9.47 Å². The molecule has 32 heavy (non-hydrogen) atoms. The summed E-state index contributed by atoms with van der Waals surface area (Å²) in [6.07, 6.45) is 4.65. The van der Waals surface area contributed by atoms with E-state index in [0.717, 1.165) is 11.3 Å². The Morgan fingerprint density at radius 1 is 1.28 bits per heavy atom. The van der Waals surface area contributed by atoms with E-state index in [9.17, 15) is 14.0 Å². The first-order chi connectivity index (χ1) is 14.9. The number of nitrogens with zero attached hydrogens (tertiary/aromatic N) is 3. The second-order valence-electron chi connectivity index (χ2n) is 7.27. The van der Waals surface area contributed by atoms with Crippen molar-refractivity contribution in [3.63, 3.8) is 0 Å². The molecule has 1 aliphatic rings. The average Bonchev–Trinajstić information content (AvgIpc) is 3.22. The number of aryl methyl sites for hydroxylation is 1. The van der Waals surface area contributed by atoms with Gasteiger partial charge in [-0.05, 0) is 30.2 Å². The molecule has 10 heteroatoms. The number of ether oxygens (including phenoxy) is 2. The number of halogens is 2. The molecule has 1 fully saturated rings. The summed E-state index contributed by atoms with van der Waals surface area (Å²) in [4.78, 5) is 25.8. The van der Waals surface area contributed by atoms with Crippen LogP contribution >= 0.6 is 25.0 Å². The lowest BCUT2D eigenvalue weighted by molar-refractivity contribution is -0.147. The van der Waals surface area contributed by atoms with Gasteiger partial charge in [-0.1, -0.05) is 18.2 Å². The highest BCUT2D eigenvalue weighted by Crippen LogP contribution is 2.31. The number of methoxy groups -OCH3 is 2. The van der Waals surface area contributed by atoms with Crippen LogP contribution in [0.15, 0.2) is 42.1 Å². The minimum atomic E-state index is -0.840. The Morgan fingerprint density at radius 2 is 2.03 bits per heavy atom. The molecule has 0 saturated carbocycles. The summed E-state index contributed by atoms with van der Waals surface area (Å²) in [6, 6.07) is 7.25. The molecule has 174 valence electrons. The lowest BCUT2D eigenvalue weighted by atomic mass is 9.97. The van der Waals surface area contributed by atoms with E-state index in [1.54, 1.807) is 29.1 Å². The number of hydrogen-bond acceptors (Lipinski definition) is 7. The van der Waals surface area contributed by atoms with Gasteiger partial charge in [-0.2, -0.15) is 17.7 Å². The summed E-state index contributed by atoms with van der Waals surface area (Å²) in [5, 5.41) is 4.46. The van der Waals surface area contributed by atoms with Crippen LogP contribution in [0, 0.1) is 5.82 Å². The summed E-state index contributed by atoms with van der Waals surface area (Å²) >= 11 is 4.68.